The number of anilines is 3. The van der Waals surface area contributed by atoms with Gasteiger partial charge >= 0.3 is 6.18 Å². The summed E-state index contributed by atoms with van der Waals surface area (Å²) in [6.07, 6.45) is -1.38. The second-order valence-electron chi connectivity index (χ2n) is 9.67. The maximum Gasteiger partial charge on any atom is 0.416 e. The summed E-state index contributed by atoms with van der Waals surface area (Å²) in [5.74, 6) is -0.172. The normalized spacial score (nSPS) is 11.7. The van der Waals surface area contributed by atoms with Crippen molar-refractivity contribution >= 4 is 34.0 Å². The Morgan fingerprint density at radius 3 is 2.51 bits per heavy atom. The number of aromatic nitrogens is 2. The number of halogens is 3. The van der Waals surface area contributed by atoms with Crippen LogP contribution >= 0.6 is 0 Å². The van der Waals surface area contributed by atoms with Crippen LogP contribution in [-0.4, -0.2) is 48.0 Å². The van der Waals surface area contributed by atoms with Gasteiger partial charge in [-0.05, 0) is 99.6 Å². The zero-order chi connectivity index (χ0) is 28.2. The molecule has 1 heterocycles. The molecule has 0 aliphatic rings. The summed E-state index contributed by atoms with van der Waals surface area (Å²) in [5.41, 5.74) is 9.21. The van der Waals surface area contributed by atoms with Gasteiger partial charge in [0.15, 0.2) is 0 Å². The number of amides is 1. The fourth-order valence-electron chi connectivity index (χ4n) is 4.27. The van der Waals surface area contributed by atoms with Crippen LogP contribution in [0, 0.1) is 6.92 Å². The van der Waals surface area contributed by atoms with E-state index in [-0.39, 0.29) is 5.69 Å². The first-order valence-electron chi connectivity index (χ1n) is 12.6. The van der Waals surface area contributed by atoms with Crippen LogP contribution in [0.5, 0.6) is 0 Å². The minimum atomic E-state index is -4.54. The highest BCUT2D eigenvalue weighted by atomic mass is 19.4. The lowest BCUT2D eigenvalue weighted by atomic mass is 9.96. The number of carbonyl (C=O) groups is 1. The Balaban J connectivity index is 1.60. The molecule has 4 aromatic rings. The number of nitrogen functional groups attached to an aromatic ring is 1. The van der Waals surface area contributed by atoms with Crippen LogP contribution in [0.15, 0.2) is 60.9 Å². The summed E-state index contributed by atoms with van der Waals surface area (Å²) in [5, 5.41) is 6.54. The van der Waals surface area contributed by atoms with E-state index in [0.717, 1.165) is 48.2 Å². The van der Waals surface area contributed by atoms with E-state index in [4.69, 9.17) is 5.73 Å². The summed E-state index contributed by atoms with van der Waals surface area (Å²) in [7, 11) is 3.97. The van der Waals surface area contributed by atoms with Crippen LogP contribution in [0.3, 0.4) is 0 Å². The average molecular weight is 537 g/mol. The molecule has 0 saturated heterocycles. The first-order valence-corrected chi connectivity index (χ1v) is 12.6. The zero-order valence-corrected chi connectivity index (χ0v) is 22.1. The number of alkyl halides is 3. The van der Waals surface area contributed by atoms with E-state index in [1.807, 2.05) is 39.2 Å². The van der Waals surface area contributed by atoms with E-state index < -0.39 is 17.6 Å². The van der Waals surface area contributed by atoms with Crippen molar-refractivity contribution in [2.45, 2.75) is 25.9 Å². The Hall–Kier alpha value is -4.18. The molecule has 7 nitrogen and oxygen atoms in total. The SMILES string of the molecule is Cc1ccc(C(=O)Nc2cc(C(F)(F)F)ccc2NCCCCN(C)C)cc1-c1ccc2ncnc(N)c2c1. The molecule has 10 heteroatoms. The van der Waals surface area contributed by atoms with E-state index in [1.165, 1.54) is 12.4 Å². The molecule has 204 valence electrons. The summed E-state index contributed by atoms with van der Waals surface area (Å²) in [6.45, 7) is 3.38. The number of nitrogens with zero attached hydrogens (tertiary/aromatic N) is 3. The Kier molecular flexibility index (Phi) is 8.35. The molecule has 3 aromatic carbocycles. The topological polar surface area (TPSA) is 96.2 Å². The van der Waals surface area contributed by atoms with Crippen molar-refractivity contribution in [2.75, 3.05) is 43.6 Å². The van der Waals surface area contributed by atoms with Crippen LogP contribution in [0.2, 0.25) is 0 Å². The largest absolute Gasteiger partial charge is 0.416 e. The number of hydrogen-bond acceptors (Lipinski definition) is 6. The van der Waals surface area contributed by atoms with E-state index in [1.54, 1.807) is 18.2 Å². The Morgan fingerprint density at radius 1 is 0.974 bits per heavy atom. The molecule has 1 amide bonds. The van der Waals surface area contributed by atoms with Crippen molar-refractivity contribution < 1.29 is 18.0 Å². The minimum Gasteiger partial charge on any atom is -0.383 e. The molecule has 0 fully saturated rings. The lowest BCUT2D eigenvalue weighted by Gasteiger charge is -2.17. The van der Waals surface area contributed by atoms with E-state index in [9.17, 15) is 18.0 Å². The molecule has 0 atom stereocenters. The molecule has 4 N–H and O–H groups in total. The van der Waals surface area contributed by atoms with Crippen LogP contribution < -0.4 is 16.4 Å². The van der Waals surface area contributed by atoms with Gasteiger partial charge in [0, 0.05) is 17.5 Å². The highest BCUT2D eigenvalue weighted by Gasteiger charge is 2.31. The number of carbonyl (C=O) groups excluding carboxylic acids is 1. The van der Waals surface area contributed by atoms with Crippen molar-refractivity contribution in [3.63, 3.8) is 0 Å². The van der Waals surface area contributed by atoms with Gasteiger partial charge in [-0.2, -0.15) is 13.2 Å². The van der Waals surface area contributed by atoms with E-state index in [2.05, 4.69) is 25.5 Å². The third-order valence-electron chi connectivity index (χ3n) is 6.42. The highest BCUT2D eigenvalue weighted by molar-refractivity contribution is 6.07. The fraction of sp³-hybridized carbons (Fsp3) is 0.276. The number of nitrogens with two attached hydrogens (primary N) is 1. The first-order chi connectivity index (χ1) is 18.5. The molecule has 0 bridgehead atoms. The van der Waals surface area contributed by atoms with Crippen molar-refractivity contribution in [1.29, 1.82) is 0 Å². The molecule has 0 radical (unpaired) electrons. The van der Waals surface area contributed by atoms with Crippen LogP contribution in [0.1, 0.15) is 34.3 Å². The molecule has 0 spiro atoms. The molecule has 39 heavy (non-hydrogen) atoms. The van der Waals surface area contributed by atoms with E-state index >= 15 is 0 Å². The van der Waals surface area contributed by atoms with Gasteiger partial charge in [0.1, 0.15) is 12.1 Å². The monoisotopic (exact) mass is 536 g/mol. The van der Waals surface area contributed by atoms with Gasteiger partial charge in [-0.3, -0.25) is 4.79 Å². The Labute approximate surface area is 225 Å². The van der Waals surface area contributed by atoms with Crippen molar-refractivity contribution in [1.82, 2.24) is 14.9 Å². The van der Waals surface area contributed by atoms with Gasteiger partial charge in [0.2, 0.25) is 0 Å². The number of aryl methyl sites for hydroxylation is 1. The predicted octanol–water partition coefficient (Wildman–Crippen LogP) is 6.21. The molecule has 1 aromatic heterocycles. The Bertz CT molecular complexity index is 1490. The van der Waals surface area contributed by atoms with Gasteiger partial charge in [0.05, 0.1) is 22.5 Å². The van der Waals surface area contributed by atoms with Crippen molar-refractivity contribution in [3.8, 4) is 11.1 Å². The van der Waals surface area contributed by atoms with Crippen molar-refractivity contribution in [3.05, 3.63) is 77.6 Å². The smallest absolute Gasteiger partial charge is 0.383 e. The minimum absolute atomic E-state index is 0.0696. The van der Waals surface area contributed by atoms with Gasteiger partial charge in [-0.1, -0.05) is 12.1 Å². The second-order valence-corrected chi connectivity index (χ2v) is 9.67. The van der Waals surface area contributed by atoms with Gasteiger partial charge in [0.25, 0.3) is 5.91 Å². The first kappa shape index (κ1) is 27.8. The van der Waals surface area contributed by atoms with Gasteiger partial charge in [-0.15, -0.1) is 0 Å². The van der Waals surface area contributed by atoms with Gasteiger partial charge in [-0.25, -0.2) is 9.97 Å². The number of hydrogen-bond donors (Lipinski definition) is 3. The number of unbranched alkanes of at least 4 members (excludes halogenated alkanes) is 1. The molecule has 0 saturated carbocycles. The molecule has 0 unspecified atom stereocenters. The molecular weight excluding hydrogens is 505 g/mol. The standard InChI is InChI=1S/C29H31F3N6O/c1-18-6-7-20(15-22(18)19-8-10-24-23(14-19)27(33)36-17-35-24)28(39)37-26-16-21(29(30,31)32)9-11-25(26)34-12-4-5-13-38(2)3/h6-11,14-17,34H,4-5,12-13H2,1-3H3,(H,37,39)(H2,33,35,36). The summed E-state index contributed by atoms with van der Waals surface area (Å²) >= 11 is 0. The van der Waals surface area contributed by atoms with Crippen LogP contribution in [0.4, 0.5) is 30.4 Å². The number of rotatable bonds is 9. The van der Waals surface area contributed by atoms with Crippen LogP contribution in [0.25, 0.3) is 22.0 Å². The summed E-state index contributed by atoms with van der Waals surface area (Å²) in [4.78, 5) is 23.6. The summed E-state index contributed by atoms with van der Waals surface area (Å²) < 4.78 is 40.4. The quantitative estimate of drug-likeness (QED) is 0.220. The molecule has 0 aliphatic carbocycles. The van der Waals surface area contributed by atoms with Gasteiger partial charge < -0.3 is 21.3 Å². The third-order valence-corrected chi connectivity index (χ3v) is 6.42. The lowest BCUT2D eigenvalue weighted by molar-refractivity contribution is -0.137. The third kappa shape index (κ3) is 6.83. The Morgan fingerprint density at radius 2 is 1.77 bits per heavy atom. The molecule has 4 rings (SSSR count). The van der Waals surface area contributed by atoms with Crippen molar-refractivity contribution in [2.24, 2.45) is 0 Å². The zero-order valence-electron chi connectivity index (χ0n) is 22.1. The average Bonchev–Trinajstić information content (AvgIpc) is 2.88. The predicted molar refractivity (Wildman–Crippen MR) is 150 cm³/mol. The summed E-state index contributed by atoms with van der Waals surface area (Å²) in [6, 6.07) is 14.1. The second kappa shape index (κ2) is 11.7. The molecular formula is C29H31F3N6O. The fourth-order valence-corrected chi connectivity index (χ4v) is 4.27. The van der Waals surface area contributed by atoms with E-state index in [0.29, 0.717) is 34.5 Å². The maximum atomic E-state index is 13.5. The number of benzene rings is 3. The lowest BCUT2D eigenvalue weighted by Crippen LogP contribution is -2.17. The highest BCUT2D eigenvalue weighted by Crippen LogP contribution is 2.35. The molecule has 0 aliphatic heterocycles. The van der Waals surface area contributed by atoms with Crippen LogP contribution in [-0.2, 0) is 6.18 Å². The number of nitrogens with one attached hydrogen (secondary N) is 2. The maximum absolute atomic E-state index is 13.5. The number of fused-ring (bicyclic) bond motifs is 1.